The minimum Gasteiger partial charge on any atom is -0.339 e. The van der Waals surface area contributed by atoms with Gasteiger partial charge in [-0.2, -0.15) is 4.31 Å². The molecule has 1 fully saturated rings. The zero-order valence-corrected chi connectivity index (χ0v) is 18.0. The number of pyridine rings is 1. The third-order valence-corrected chi connectivity index (χ3v) is 7.20. The summed E-state index contributed by atoms with van der Waals surface area (Å²) >= 11 is 5.98. The van der Waals surface area contributed by atoms with Crippen molar-refractivity contribution in [3.63, 3.8) is 0 Å². The average Bonchev–Trinajstić information content (AvgIpc) is 3.33. The van der Waals surface area contributed by atoms with Crippen LogP contribution in [0.5, 0.6) is 0 Å². The third-order valence-electron chi connectivity index (χ3n) is 5.15. The Morgan fingerprint density at radius 2 is 1.93 bits per heavy atom. The van der Waals surface area contributed by atoms with E-state index in [-0.39, 0.29) is 11.1 Å². The van der Waals surface area contributed by atoms with E-state index in [4.69, 9.17) is 11.6 Å². The van der Waals surface area contributed by atoms with Crippen molar-refractivity contribution in [3.8, 4) is 0 Å². The van der Waals surface area contributed by atoms with Crippen molar-refractivity contribution in [1.29, 1.82) is 0 Å². The molecule has 0 unspecified atom stereocenters. The van der Waals surface area contributed by atoms with E-state index in [1.807, 2.05) is 43.3 Å². The molecule has 0 amide bonds. The molecule has 1 aromatic carbocycles. The highest BCUT2D eigenvalue weighted by Gasteiger charge is 2.38. The molecule has 0 saturated carbocycles. The van der Waals surface area contributed by atoms with Gasteiger partial charge >= 0.3 is 0 Å². The van der Waals surface area contributed by atoms with Crippen LogP contribution in [0.25, 0.3) is 0 Å². The van der Waals surface area contributed by atoms with Gasteiger partial charge in [-0.05, 0) is 61.6 Å². The molecule has 4 rings (SSSR count). The van der Waals surface area contributed by atoms with E-state index in [1.165, 1.54) is 6.33 Å². The van der Waals surface area contributed by atoms with Crippen LogP contribution in [0.2, 0.25) is 5.02 Å². The largest absolute Gasteiger partial charge is 0.339 e. The van der Waals surface area contributed by atoms with Crippen molar-refractivity contribution >= 4 is 21.6 Å². The highest BCUT2D eigenvalue weighted by Crippen LogP contribution is 2.36. The second kappa shape index (κ2) is 7.89. The van der Waals surface area contributed by atoms with Crippen molar-refractivity contribution in [1.82, 2.24) is 18.8 Å². The van der Waals surface area contributed by atoms with E-state index < -0.39 is 10.0 Å². The van der Waals surface area contributed by atoms with Gasteiger partial charge in [-0.25, -0.2) is 13.4 Å². The minimum absolute atomic E-state index is 0.0842. The Balaban J connectivity index is 1.64. The van der Waals surface area contributed by atoms with E-state index in [1.54, 1.807) is 22.1 Å². The van der Waals surface area contributed by atoms with Gasteiger partial charge in [0.15, 0.2) is 5.03 Å². The highest BCUT2D eigenvalue weighted by atomic mass is 35.5. The van der Waals surface area contributed by atoms with E-state index >= 15 is 0 Å². The molecule has 1 aliphatic rings. The molecule has 1 atom stereocenters. The topological polar surface area (TPSA) is 68.1 Å². The van der Waals surface area contributed by atoms with Crippen LogP contribution in [0.3, 0.4) is 0 Å². The smallest absolute Gasteiger partial charge is 0.262 e. The molecule has 1 aliphatic heterocycles. The van der Waals surface area contributed by atoms with Gasteiger partial charge in [0.1, 0.15) is 0 Å². The normalized spacial score (nSPS) is 17.7. The van der Waals surface area contributed by atoms with Crippen molar-refractivity contribution in [2.45, 2.75) is 37.3 Å². The van der Waals surface area contributed by atoms with Gasteiger partial charge < -0.3 is 4.57 Å². The number of aromatic nitrogens is 3. The maximum Gasteiger partial charge on any atom is 0.262 e. The Morgan fingerprint density at radius 1 is 1.17 bits per heavy atom. The standard InChI is InChI=1S/C21H23ClN4O2S/c1-15-10-17(11-16-5-7-18(22)8-6-16)12-19(24-15)20-4-3-9-26(20)29(27,28)21-13-25(2)14-23-21/h5-8,10,12-14,20H,3-4,9,11H2,1-2H3/t20-/m0/s1. The second-order valence-corrected chi connectivity index (χ2v) is 9.77. The predicted octanol–water partition coefficient (Wildman–Crippen LogP) is 3.89. The van der Waals surface area contributed by atoms with Crippen LogP contribution in [-0.4, -0.2) is 33.8 Å². The fourth-order valence-electron chi connectivity index (χ4n) is 3.84. The molecule has 29 heavy (non-hydrogen) atoms. The first-order valence-corrected chi connectivity index (χ1v) is 11.4. The summed E-state index contributed by atoms with van der Waals surface area (Å²) in [6, 6.07) is 11.6. The molecule has 1 saturated heterocycles. The summed E-state index contributed by atoms with van der Waals surface area (Å²) in [5.74, 6) is 0. The summed E-state index contributed by atoms with van der Waals surface area (Å²) in [6.45, 7) is 2.42. The maximum atomic E-state index is 13.1. The molecule has 152 valence electrons. The molecule has 3 heterocycles. The van der Waals surface area contributed by atoms with Crippen LogP contribution in [0, 0.1) is 6.92 Å². The minimum atomic E-state index is -3.66. The van der Waals surface area contributed by atoms with Crippen molar-refractivity contribution in [2.75, 3.05) is 6.54 Å². The molecule has 2 aromatic heterocycles. The van der Waals surface area contributed by atoms with Gasteiger partial charge in [0.05, 0.1) is 18.1 Å². The molecule has 8 heteroatoms. The van der Waals surface area contributed by atoms with Crippen LogP contribution in [0.1, 0.15) is 41.4 Å². The summed E-state index contributed by atoms with van der Waals surface area (Å²) in [7, 11) is -1.90. The van der Waals surface area contributed by atoms with Crippen molar-refractivity contribution < 1.29 is 8.42 Å². The van der Waals surface area contributed by atoms with Gasteiger partial charge in [0.25, 0.3) is 10.0 Å². The SMILES string of the molecule is Cc1cc(Cc2ccc(Cl)cc2)cc([C@@H]2CCCN2S(=O)(=O)c2cn(C)cn2)n1. The molecule has 0 spiro atoms. The Hall–Kier alpha value is -2.22. The Labute approximate surface area is 176 Å². The number of hydrogen-bond donors (Lipinski definition) is 0. The highest BCUT2D eigenvalue weighted by molar-refractivity contribution is 7.89. The molecular weight excluding hydrogens is 408 g/mol. The third kappa shape index (κ3) is 4.22. The average molecular weight is 431 g/mol. The van der Waals surface area contributed by atoms with E-state index in [2.05, 4.69) is 9.97 Å². The summed E-state index contributed by atoms with van der Waals surface area (Å²) in [5, 5.41) is 0.794. The molecule has 0 bridgehead atoms. The quantitative estimate of drug-likeness (QED) is 0.615. The lowest BCUT2D eigenvalue weighted by Gasteiger charge is -2.23. The maximum absolute atomic E-state index is 13.1. The van der Waals surface area contributed by atoms with Crippen LogP contribution in [-0.2, 0) is 23.5 Å². The van der Waals surface area contributed by atoms with Gasteiger partial charge in [0.2, 0.25) is 0 Å². The van der Waals surface area contributed by atoms with Gasteiger partial charge in [-0.15, -0.1) is 0 Å². The molecule has 0 aliphatic carbocycles. The number of nitrogens with zero attached hydrogens (tertiary/aromatic N) is 4. The molecule has 3 aromatic rings. The molecule has 6 nitrogen and oxygen atoms in total. The number of rotatable bonds is 5. The Morgan fingerprint density at radius 3 is 2.62 bits per heavy atom. The number of aryl methyl sites for hydroxylation is 2. The first kappa shape index (κ1) is 20.1. The number of hydrogen-bond acceptors (Lipinski definition) is 4. The fraction of sp³-hybridized carbons (Fsp3) is 0.333. The van der Waals surface area contributed by atoms with E-state index in [9.17, 15) is 8.42 Å². The van der Waals surface area contributed by atoms with Gasteiger partial charge in [0, 0.05) is 30.5 Å². The van der Waals surface area contributed by atoms with Crippen molar-refractivity contribution in [2.24, 2.45) is 7.05 Å². The second-order valence-electron chi connectivity index (χ2n) is 7.50. The molecular formula is C21H23ClN4O2S. The number of halogens is 1. The molecule has 0 radical (unpaired) electrons. The van der Waals surface area contributed by atoms with Gasteiger partial charge in [-0.1, -0.05) is 23.7 Å². The summed E-state index contributed by atoms with van der Waals surface area (Å²) in [4.78, 5) is 8.74. The zero-order chi connectivity index (χ0) is 20.6. The Bertz CT molecular complexity index is 1130. The van der Waals surface area contributed by atoms with E-state index in [0.29, 0.717) is 11.6 Å². The lowest BCUT2D eigenvalue weighted by atomic mass is 10.0. The summed E-state index contributed by atoms with van der Waals surface area (Å²) in [6.07, 6.45) is 5.35. The molecule has 0 N–H and O–H groups in total. The van der Waals surface area contributed by atoms with Gasteiger partial charge in [-0.3, -0.25) is 4.98 Å². The van der Waals surface area contributed by atoms with Crippen LogP contribution >= 0.6 is 11.6 Å². The van der Waals surface area contributed by atoms with E-state index in [0.717, 1.165) is 41.8 Å². The lowest BCUT2D eigenvalue weighted by Crippen LogP contribution is -2.31. The Kier molecular flexibility index (Phi) is 5.46. The first-order valence-electron chi connectivity index (χ1n) is 9.54. The van der Waals surface area contributed by atoms with Crippen molar-refractivity contribution in [3.05, 3.63) is 76.5 Å². The summed E-state index contributed by atoms with van der Waals surface area (Å²) in [5.41, 5.74) is 3.94. The van der Waals surface area contributed by atoms with Crippen LogP contribution < -0.4 is 0 Å². The monoisotopic (exact) mass is 430 g/mol. The lowest BCUT2D eigenvalue weighted by molar-refractivity contribution is 0.388. The number of benzene rings is 1. The van der Waals surface area contributed by atoms with Crippen LogP contribution in [0.4, 0.5) is 0 Å². The zero-order valence-electron chi connectivity index (χ0n) is 16.4. The number of sulfonamides is 1. The van der Waals surface area contributed by atoms with Crippen LogP contribution in [0.15, 0.2) is 53.9 Å². The predicted molar refractivity (Wildman–Crippen MR) is 112 cm³/mol. The fourth-order valence-corrected chi connectivity index (χ4v) is 5.61. The summed E-state index contributed by atoms with van der Waals surface area (Å²) < 4.78 is 29.5. The first-order chi connectivity index (χ1) is 13.8. The number of imidazole rings is 1.